The van der Waals surface area contributed by atoms with Crippen LogP contribution in [0.3, 0.4) is 0 Å². The number of aromatic amines is 2. The van der Waals surface area contributed by atoms with Crippen molar-refractivity contribution in [3.8, 4) is 22.3 Å². The van der Waals surface area contributed by atoms with E-state index in [0.29, 0.717) is 31.5 Å². The van der Waals surface area contributed by atoms with E-state index in [1.165, 1.54) is 62.0 Å². The largest absolute Gasteiger partial charge is 0.494 e. The Morgan fingerprint density at radius 3 is 1.57 bits per heavy atom. The highest BCUT2D eigenvalue weighted by Gasteiger charge is 2.52. The number of carbonyl (C=O) groups is 6. The number of nitrogens with one attached hydrogen (secondary N) is 3. The second-order valence-electron chi connectivity index (χ2n) is 30.0. The molecule has 97 heavy (non-hydrogen) atoms. The summed E-state index contributed by atoms with van der Waals surface area (Å²) in [7, 11) is 3.59. The van der Waals surface area contributed by atoms with Gasteiger partial charge in [-0.05, 0) is 189 Å². The number of ether oxygens (including phenoxy) is 3. The van der Waals surface area contributed by atoms with Crippen LogP contribution >= 0.6 is 0 Å². The van der Waals surface area contributed by atoms with Gasteiger partial charge in [0.1, 0.15) is 17.7 Å². The van der Waals surface area contributed by atoms with Gasteiger partial charge in [0.15, 0.2) is 0 Å². The zero-order valence-corrected chi connectivity index (χ0v) is 58.8. The number of fused-ring (bicyclic) bond motifs is 3. The minimum atomic E-state index is -0.683. The zero-order chi connectivity index (χ0) is 69.0. The van der Waals surface area contributed by atoms with Crippen molar-refractivity contribution in [1.82, 2.24) is 40.0 Å². The van der Waals surface area contributed by atoms with Gasteiger partial charge in [-0.3, -0.25) is 29.0 Å². The molecule has 20 nitrogen and oxygen atoms in total. The molecule has 13 rings (SSSR count). The lowest BCUT2D eigenvalue weighted by Crippen LogP contribution is -2.51. The van der Waals surface area contributed by atoms with E-state index in [1.807, 2.05) is 108 Å². The van der Waals surface area contributed by atoms with Crippen LogP contribution in [0.2, 0.25) is 0 Å². The molecule has 0 bridgehead atoms. The summed E-state index contributed by atoms with van der Waals surface area (Å²) in [6.07, 6.45) is 12.1. The molecular formula is C76H96BN9O11. The number of rotatable bonds is 18. The van der Waals surface area contributed by atoms with E-state index in [2.05, 4.69) is 69.9 Å². The maximum Gasteiger partial charge on any atom is 0.494 e. The van der Waals surface area contributed by atoms with E-state index in [4.69, 9.17) is 38.5 Å². The maximum atomic E-state index is 13.8. The second kappa shape index (κ2) is 27.6. The molecule has 21 heteroatoms. The van der Waals surface area contributed by atoms with Crippen LogP contribution < -0.4 is 10.8 Å². The average molecular weight is 1320 g/mol. The Balaban J connectivity index is 0.000000222. The number of methoxy groups -OCH3 is 3. The molecule has 1 saturated carbocycles. The number of likely N-dealkylation sites (tertiary alicyclic amines) is 3. The maximum absolute atomic E-state index is 13.8. The molecule has 7 aliphatic rings. The van der Waals surface area contributed by atoms with Crippen molar-refractivity contribution in [3.63, 3.8) is 0 Å². The molecule has 7 heterocycles. The zero-order valence-electron chi connectivity index (χ0n) is 58.8. The second-order valence-corrected chi connectivity index (χ2v) is 30.0. The van der Waals surface area contributed by atoms with Gasteiger partial charge in [0.25, 0.3) is 0 Å². The number of alkyl carbamates (subject to hydrolysis) is 1. The van der Waals surface area contributed by atoms with Crippen molar-refractivity contribution in [2.24, 2.45) is 40.0 Å². The monoisotopic (exact) mass is 1320 g/mol. The van der Waals surface area contributed by atoms with Crippen molar-refractivity contribution in [3.05, 3.63) is 107 Å². The Morgan fingerprint density at radius 2 is 1.06 bits per heavy atom. The van der Waals surface area contributed by atoms with Crippen LogP contribution in [0, 0.1) is 35.0 Å². The predicted molar refractivity (Wildman–Crippen MR) is 374 cm³/mol. The molecule has 6 atom stereocenters. The Labute approximate surface area is 570 Å². The van der Waals surface area contributed by atoms with E-state index in [0.717, 1.165) is 113 Å². The van der Waals surface area contributed by atoms with Crippen molar-refractivity contribution >= 4 is 81.7 Å². The van der Waals surface area contributed by atoms with Gasteiger partial charge in [-0.2, -0.15) is 0 Å². The summed E-state index contributed by atoms with van der Waals surface area (Å²) in [6.45, 7) is 21.9. The van der Waals surface area contributed by atoms with E-state index >= 15 is 0 Å². The minimum absolute atomic E-state index is 0.0127. The molecule has 5 aliphatic heterocycles. The first-order valence-corrected chi connectivity index (χ1v) is 35.1. The van der Waals surface area contributed by atoms with Gasteiger partial charge in [-0.15, -0.1) is 0 Å². The molecule has 514 valence electrons. The number of aliphatic imine (C=N–C) groups is 1. The molecule has 0 unspecified atom stereocenters. The molecule has 4 saturated heterocycles. The van der Waals surface area contributed by atoms with Crippen LogP contribution in [-0.2, 0) is 60.3 Å². The van der Waals surface area contributed by atoms with Gasteiger partial charge in [-0.1, -0.05) is 90.1 Å². The molecule has 0 radical (unpaired) electrons. The minimum Gasteiger partial charge on any atom is -0.469 e. The first-order valence-electron chi connectivity index (χ1n) is 35.1. The van der Waals surface area contributed by atoms with Gasteiger partial charge in [0.05, 0.1) is 97.4 Å². The highest BCUT2D eigenvalue weighted by Crippen LogP contribution is 2.59. The van der Waals surface area contributed by atoms with Gasteiger partial charge in [0, 0.05) is 38.0 Å². The number of carbonyl (C=O) groups excluding carboxylic acids is 6. The van der Waals surface area contributed by atoms with Gasteiger partial charge in [-0.25, -0.2) is 14.8 Å². The van der Waals surface area contributed by atoms with Crippen molar-refractivity contribution in [2.45, 2.75) is 188 Å². The summed E-state index contributed by atoms with van der Waals surface area (Å²) >= 11 is 0. The SMILES string of the molecule is COC(=O)C[C@H](C(=O)N1CCC[C@H]1C1=NC=C(c2ccc(-c3ccc(-c4ccc5nc([C@@H]6CCCN6C(=O)[C@@H](NC(=O)OC)C(C)C)[nH]c5c4)c4c3CC3(CC3)C4)cc2)C1)C(C)C.COC(=O)C[C@H](C(=O)N1CCC[C@H]1c1nc2ccc(B3OC(C)(C)C(C)(C)O3)cc2[nH]1)C(C)C. The smallest absolute Gasteiger partial charge is 0.469 e. The summed E-state index contributed by atoms with van der Waals surface area (Å²) in [6, 6.07) is 24.9. The molecule has 4 aromatic carbocycles. The fourth-order valence-corrected chi connectivity index (χ4v) is 15.4. The first-order chi connectivity index (χ1) is 46.3. The number of benzene rings is 4. The Kier molecular flexibility index (Phi) is 19.6. The molecule has 3 N–H and O–H groups in total. The van der Waals surface area contributed by atoms with Crippen molar-refractivity contribution < 1.29 is 52.3 Å². The molecule has 2 aromatic heterocycles. The van der Waals surface area contributed by atoms with E-state index in [-0.39, 0.29) is 78.4 Å². The normalized spacial score (nSPS) is 21.5. The Bertz CT molecular complexity index is 4050. The summed E-state index contributed by atoms with van der Waals surface area (Å²) in [5.74, 6) is -0.130. The summed E-state index contributed by atoms with van der Waals surface area (Å²) in [4.78, 5) is 105. The van der Waals surface area contributed by atoms with Crippen LogP contribution in [0.25, 0.3) is 49.9 Å². The highest BCUT2D eigenvalue weighted by atomic mass is 16.7. The number of aromatic nitrogens is 4. The third-order valence-corrected chi connectivity index (χ3v) is 22.2. The number of hydrogen-bond acceptors (Lipinski definition) is 14. The Hall–Kier alpha value is -8.17. The molecule has 2 aliphatic carbocycles. The van der Waals surface area contributed by atoms with Crippen molar-refractivity contribution in [2.75, 3.05) is 41.0 Å². The lowest BCUT2D eigenvalue weighted by Gasteiger charge is -2.32. The summed E-state index contributed by atoms with van der Waals surface area (Å²) < 4.78 is 27.0. The third-order valence-electron chi connectivity index (χ3n) is 22.2. The number of imidazole rings is 2. The summed E-state index contributed by atoms with van der Waals surface area (Å²) in [5.41, 5.74) is 15.2. The quantitative estimate of drug-likeness (QED) is 0.0413. The third kappa shape index (κ3) is 13.9. The average Bonchev–Trinajstić information content (AvgIpc) is 1.57. The summed E-state index contributed by atoms with van der Waals surface area (Å²) in [5, 5.41) is 2.74. The molecule has 5 fully saturated rings. The van der Waals surface area contributed by atoms with Gasteiger partial charge >= 0.3 is 25.2 Å². The Morgan fingerprint density at radius 1 is 0.588 bits per heavy atom. The topological polar surface area (TPSA) is 240 Å². The number of amides is 4. The van der Waals surface area contributed by atoms with Crippen LogP contribution in [0.4, 0.5) is 4.79 Å². The lowest BCUT2D eigenvalue weighted by molar-refractivity contribution is -0.148. The fourth-order valence-electron chi connectivity index (χ4n) is 15.4. The molecule has 1 spiro atoms. The van der Waals surface area contributed by atoms with Crippen LogP contribution in [0.15, 0.2) is 84.0 Å². The number of allylic oxidation sites excluding steroid dienone is 1. The number of esters is 2. The van der Waals surface area contributed by atoms with E-state index < -0.39 is 42.3 Å². The number of hydrogen-bond donors (Lipinski definition) is 3. The van der Waals surface area contributed by atoms with E-state index in [9.17, 15) is 28.8 Å². The predicted octanol–water partition coefficient (Wildman–Crippen LogP) is 12.2. The number of nitrogens with zero attached hydrogens (tertiary/aromatic N) is 6. The van der Waals surface area contributed by atoms with Crippen molar-refractivity contribution in [1.29, 1.82) is 0 Å². The lowest BCUT2D eigenvalue weighted by atomic mass is 9.79. The van der Waals surface area contributed by atoms with Gasteiger partial charge < -0.3 is 53.5 Å². The number of H-pyrrole nitrogens is 2. The highest BCUT2D eigenvalue weighted by molar-refractivity contribution is 6.62. The van der Waals surface area contributed by atoms with Gasteiger partial charge in [0.2, 0.25) is 17.7 Å². The fraction of sp³-hybridized carbons (Fsp3) is 0.539. The first kappa shape index (κ1) is 68.8. The van der Waals surface area contributed by atoms with Crippen LogP contribution in [-0.4, -0.2) is 147 Å². The molecule has 4 amide bonds. The standard InChI is InChI=1S/C51H60N6O6.C25H36BN3O5/c1-29(2)37(25-45(58)62-5)48(59)56-21-7-9-43(56)42-24-34(28-52-42)31-11-13-32(14-12-31)35-16-17-36(39-27-51(19-20-51)26-38(35)39)33-15-18-40-41(23-33)54-47(53-40)44-10-8-22-57(44)49(60)46(30(3)4)55-50(61)63-6;1-15(2)17(14-21(30)32-7)23(31)29-12-8-9-20(29)22-27-18-11-10-16(13-19(18)28-22)26-33-24(3,4)25(5,6)34-26/h11-18,23,28-30,37,43-44,46H,7-10,19-22,24-27H2,1-6H3,(H,53,54)(H,55,61);10-11,13,15,17,20H,8-9,12,14H2,1-7H3,(H,27,28)/t37-,43-,44-,46-;17-,20-/m00/s1. The van der Waals surface area contributed by atoms with E-state index in [1.54, 1.807) is 0 Å². The van der Waals surface area contributed by atoms with Crippen LogP contribution in [0.1, 0.15) is 180 Å². The molecular weight excluding hydrogens is 1230 g/mol. The molecule has 6 aromatic rings. The van der Waals surface area contributed by atoms with Crippen LogP contribution in [0.5, 0.6) is 0 Å².